The highest BCUT2D eigenvalue weighted by molar-refractivity contribution is 8.13. The summed E-state index contributed by atoms with van der Waals surface area (Å²) in [5, 5.41) is 8.31. The predicted molar refractivity (Wildman–Crippen MR) is 48.7 cm³/mol. The van der Waals surface area contributed by atoms with Crippen molar-refractivity contribution in [3.8, 4) is 0 Å². The van der Waals surface area contributed by atoms with E-state index in [1.54, 1.807) is 0 Å². The Labute approximate surface area is 80.6 Å². The second kappa shape index (κ2) is 4.62. The standard InChI is InChI=1S/C8H12O4S/c1-2-3-4-13-8(11)6-5(12-6)7(9)10/h5-6H,2-4H2,1H3,(H,9,10). The molecular formula is C8H12O4S. The van der Waals surface area contributed by atoms with Crippen LogP contribution >= 0.6 is 11.8 Å². The Bertz CT molecular complexity index is 216. The van der Waals surface area contributed by atoms with Gasteiger partial charge in [0.25, 0.3) is 0 Å². The number of epoxide rings is 1. The number of carbonyl (C=O) groups excluding carboxylic acids is 1. The van der Waals surface area contributed by atoms with Crippen LogP contribution < -0.4 is 0 Å². The molecule has 1 N–H and O–H groups in total. The molecule has 4 nitrogen and oxygen atoms in total. The quantitative estimate of drug-likeness (QED) is 0.532. The SMILES string of the molecule is CCCCSC(=O)C1OC1C(=O)O. The summed E-state index contributed by atoms with van der Waals surface area (Å²) in [7, 11) is 0. The van der Waals surface area contributed by atoms with Crippen molar-refractivity contribution >= 4 is 22.8 Å². The van der Waals surface area contributed by atoms with Crippen molar-refractivity contribution in [1.29, 1.82) is 0 Å². The molecule has 1 aliphatic heterocycles. The lowest BCUT2D eigenvalue weighted by molar-refractivity contribution is -0.138. The summed E-state index contributed by atoms with van der Waals surface area (Å²) in [6, 6.07) is 0. The van der Waals surface area contributed by atoms with Crippen LogP contribution in [-0.4, -0.2) is 34.2 Å². The molecule has 1 heterocycles. The molecule has 1 fully saturated rings. The van der Waals surface area contributed by atoms with Crippen molar-refractivity contribution in [3.63, 3.8) is 0 Å². The fourth-order valence-corrected chi connectivity index (χ4v) is 1.86. The number of unbranched alkanes of at least 4 members (excludes halogenated alkanes) is 1. The molecule has 5 heteroatoms. The normalized spacial score (nSPS) is 25.6. The maximum atomic E-state index is 11.2. The Morgan fingerprint density at radius 2 is 2.15 bits per heavy atom. The fraction of sp³-hybridized carbons (Fsp3) is 0.750. The Hall–Kier alpha value is -0.550. The molecule has 74 valence electrons. The second-order valence-electron chi connectivity index (χ2n) is 2.84. The van der Waals surface area contributed by atoms with Crippen molar-refractivity contribution in [3.05, 3.63) is 0 Å². The Balaban J connectivity index is 2.16. The van der Waals surface area contributed by atoms with Gasteiger partial charge in [0.15, 0.2) is 12.2 Å². The molecule has 1 saturated heterocycles. The first-order valence-electron chi connectivity index (χ1n) is 4.21. The van der Waals surface area contributed by atoms with Gasteiger partial charge < -0.3 is 9.84 Å². The third kappa shape index (κ3) is 3.00. The van der Waals surface area contributed by atoms with Crippen LogP contribution in [-0.2, 0) is 14.3 Å². The molecule has 13 heavy (non-hydrogen) atoms. The van der Waals surface area contributed by atoms with Crippen molar-refractivity contribution < 1.29 is 19.4 Å². The van der Waals surface area contributed by atoms with Gasteiger partial charge in [-0.3, -0.25) is 4.79 Å². The first-order chi connectivity index (χ1) is 6.16. The Morgan fingerprint density at radius 1 is 1.46 bits per heavy atom. The van der Waals surface area contributed by atoms with Gasteiger partial charge in [-0.25, -0.2) is 4.79 Å². The highest BCUT2D eigenvalue weighted by Gasteiger charge is 2.50. The third-order valence-corrected chi connectivity index (χ3v) is 2.72. The highest BCUT2D eigenvalue weighted by atomic mass is 32.2. The van der Waals surface area contributed by atoms with Crippen LogP contribution in [0.5, 0.6) is 0 Å². The second-order valence-corrected chi connectivity index (χ2v) is 3.94. The number of hydrogen-bond donors (Lipinski definition) is 1. The van der Waals surface area contributed by atoms with E-state index in [4.69, 9.17) is 9.84 Å². The zero-order chi connectivity index (χ0) is 9.84. The summed E-state index contributed by atoms with van der Waals surface area (Å²) < 4.78 is 4.70. The fourth-order valence-electron chi connectivity index (χ4n) is 0.879. The molecule has 0 bridgehead atoms. The van der Waals surface area contributed by atoms with Crippen LogP contribution in [0.2, 0.25) is 0 Å². The van der Waals surface area contributed by atoms with E-state index in [0.29, 0.717) is 0 Å². The van der Waals surface area contributed by atoms with Crippen LogP contribution in [0, 0.1) is 0 Å². The van der Waals surface area contributed by atoms with Gasteiger partial charge in [0.1, 0.15) is 0 Å². The first-order valence-corrected chi connectivity index (χ1v) is 5.20. The van der Waals surface area contributed by atoms with Crippen molar-refractivity contribution in [2.45, 2.75) is 32.0 Å². The van der Waals surface area contributed by atoms with E-state index < -0.39 is 18.2 Å². The average molecular weight is 204 g/mol. The zero-order valence-corrected chi connectivity index (χ0v) is 8.17. The van der Waals surface area contributed by atoms with Crippen molar-refractivity contribution in [1.82, 2.24) is 0 Å². The number of carbonyl (C=O) groups is 2. The van der Waals surface area contributed by atoms with Crippen molar-refractivity contribution in [2.24, 2.45) is 0 Å². The van der Waals surface area contributed by atoms with Gasteiger partial charge in [-0.05, 0) is 6.42 Å². The molecule has 0 saturated carbocycles. The van der Waals surface area contributed by atoms with E-state index >= 15 is 0 Å². The lowest BCUT2D eigenvalue weighted by atomic mass is 10.3. The Morgan fingerprint density at radius 3 is 2.62 bits per heavy atom. The van der Waals surface area contributed by atoms with Gasteiger partial charge >= 0.3 is 5.97 Å². The van der Waals surface area contributed by atoms with E-state index in [2.05, 4.69) is 0 Å². The number of ether oxygens (including phenoxy) is 1. The van der Waals surface area contributed by atoms with Crippen LogP contribution in [0.1, 0.15) is 19.8 Å². The number of thioether (sulfide) groups is 1. The van der Waals surface area contributed by atoms with Gasteiger partial charge in [0.2, 0.25) is 5.12 Å². The summed E-state index contributed by atoms with van der Waals surface area (Å²) in [4.78, 5) is 21.5. The lowest BCUT2D eigenvalue weighted by Gasteiger charge is -1.94. The van der Waals surface area contributed by atoms with Crippen molar-refractivity contribution in [2.75, 3.05) is 5.75 Å². The molecule has 0 spiro atoms. The molecule has 0 aromatic rings. The minimum atomic E-state index is -1.05. The van der Waals surface area contributed by atoms with Gasteiger partial charge in [-0.2, -0.15) is 0 Å². The molecule has 0 radical (unpaired) electrons. The maximum Gasteiger partial charge on any atom is 0.336 e. The van der Waals surface area contributed by atoms with Gasteiger partial charge in [0, 0.05) is 5.75 Å². The molecular weight excluding hydrogens is 192 g/mol. The third-order valence-electron chi connectivity index (χ3n) is 1.71. The molecule has 2 atom stereocenters. The van der Waals surface area contributed by atoms with Gasteiger partial charge in [0.05, 0.1) is 0 Å². The summed E-state index contributed by atoms with van der Waals surface area (Å²) in [5.41, 5.74) is 0. The summed E-state index contributed by atoms with van der Waals surface area (Å²) in [5.74, 6) is -0.295. The van der Waals surface area contributed by atoms with Crippen LogP contribution in [0.3, 0.4) is 0 Å². The molecule has 0 aromatic carbocycles. The number of carboxylic acid groups (broad SMARTS) is 1. The molecule has 1 rings (SSSR count). The number of hydrogen-bond acceptors (Lipinski definition) is 4. The molecule has 2 unspecified atom stereocenters. The zero-order valence-electron chi connectivity index (χ0n) is 7.36. The molecule has 0 aliphatic carbocycles. The molecule has 1 aliphatic rings. The Kier molecular flexibility index (Phi) is 3.74. The van der Waals surface area contributed by atoms with E-state index in [9.17, 15) is 9.59 Å². The van der Waals surface area contributed by atoms with Crippen LogP contribution in [0.25, 0.3) is 0 Å². The van der Waals surface area contributed by atoms with E-state index in [0.717, 1.165) is 18.6 Å². The molecule has 0 amide bonds. The largest absolute Gasteiger partial charge is 0.479 e. The van der Waals surface area contributed by atoms with Crippen LogP contribution in [0.15, 0.2) is 0 Å². The first kappa shape index (κ1) is 10.5. The van der Waals surface area contributed by atoms with Crippen LogP contribution in [0.4, 0.5) is 0 Å². The van der Waals surface area contributed by atoms with E-state index in [1.165, 1.54) is 11.8 Å². The minimum Gasteiger partial charge on any atom is -0.479 e. The average Bonchev–Trinajstić information content (AvgIpc) is 2.83. The maximum absolute atomic E-state index is 11.2. The number of rotatable bonds is 5. The smallest absolute Gasteiger partial charge is 0.336 e. The van der Waals surface area contributed by atoms with Gasteiger partial charge in [-0.1, -0.05) is 25.1 Å². The summed E-state index contributed by atoms with van der Waals surface area (Å²) in [6.07, 6.45) is 0.427. The van der Waals surface area contributed by atoms with Gasteiger partial charge in [-0.15, -0.1) is 0 Å². The molecule has 0 aromatic heterocycles. The number of carboxylic acids is 1. The lowest BCUT2D eigenvalue weighted by Crippen LogP contribution is -2.13. The summed E-state index contributed by atoms with van der Waals surface area (Å²) in [6.45, 7) is 2.04. The monoisotopic (exact) mass is 204 g/mol. The van der Waals surface area contributed by atoms with E-state index in [1.807, 2.05) is 6.92 Å². The predicted octanol–water partition coefficient (Wildman–Crippen LogP) is 0.898. The summed E-state index contributed by atoms with van der Waals surface area (Å²) >= 11 is 1.17. The topological polar surface area (TPSA) is 66.9 Å². The highest BCUT2D eigenvalue weighted by Crippen LogP contribution is 2.27. The number of aliphatic carboxylic acids is 1. The van der Waals surface area contributed by atoms with E-state index in [-0.39, 0.29) is 5.12 Å². The minimum absolute atomic E-state index is 0.152.